The van der Waals surface area contributed by atoms with Gasteiger partial charge in [-0.3, -0.25) is 4.79 Å². The van der Waals surface area contributed by atoms with E-state index in [1.54, 1.807) is 19.9 Å². The molecule has 0 saturated heterocycles. The number of benzene rings is 2. The number of carbonyl (C=O) groups excluding carboxylic acids is 1. The second-order valence-electron chi connectivity index (χ2n) is 5.48. The molecule has 3 rings (SSSR count). The van der Waals surface area contributed by atoms with Crippen LogP contribution in [0.5, 0.6) is 5.75 Å². The van der Waals surface area contributed by atoms with E-state index < -0.39 is 11.8 Å². The molecule has 1 aromatic heterocycles. The second kappa shape index (κ2) is 6.54. The summed E-state index contributed by atoms with van der Waals surface area (Å²) in [5.74, 6) is 0.459. The van der Waals surface area contributed by atoms with Crippen LogP contribution in [-0.4, -0.2) is 22.0 Å². The molecule has 0 saturated carbocycles. The van der Waals surface area contributed by atoms with Crippen LogP contribution < -0.4 is 15.7 Å². The van der Waals surface area contributed by atoms with Gasteiger partial charge in [0.2, 0.25) is 0 Å². The van der Waals surface area contributed by atoms with Gasteiger partial charge in [-0.2, -0.15) is 4.98 Å². The fourth-order valence-electron chi connectivity index (χ4n) is 2.41. The third kappa shape index (κ3) is 3.43. The highest BCUT2D eigenvalue weighted by molar-refractivity contribution is 5.94. The third-order valence-electron chi connectivity index (χ3n) is 3.55. The van der Waals surface area contributed by atoms with Crippen LogP contribution in [-0.2, 0) is 4.79 Å². The Labute approximate surface area is 138 Å². The zero-order valence-electron chi connectivity index (χ0n) is 13.4. The van der Waals surface area contributed by atoms with Gasteiger partial charge in [0.1, 0.15) is 11.6 Å². The van der Waals surface area contributed by atoms with E-state index in [1.165, 1.54) is 0 Å². The molecular weight excluding hydrogens is 306 g/mol. The largest absolute Gasteiger partial charge is 0.480 e. The van der Waals surface area contributed by atoms with Crippen LogP contribution in [0.25, 0.3) is 10.8 Å². The van der Waals surface area contributed by atoms with Crippen LogP contribution in [0.4, 0.5) is 5.82 Å². The highest BCUT2D eigenvalue weighted by Crippen LogP contribution is 2.26. The Balaban J connectivity index is 1.77. The topological polar surface area (TPSA) is 84.1 Å². The summed E-state index contributed by atoms with van der Waals surface area (Å²) in [4.78, 5) is 29.9. The number of amides is 1. The SMILES string of the molecule is Cc1cc(NC(=O)C(C)Oc2cccc3ccccc23)nc(=O)[nH]1. The highest BCUT2D eigenvalue weighted by atomic mass is 16.5. The number of rotatable bonds is 4. The molecule has 0 spiro atoms. The summed E-state index contributed by atoms with van der Waals surface area (Å²) in [5, 5.41) is 4.57. The van der Waals surface area contributed by atoms with Crippen molar-refractivity contribution in [1.82, 2.24) is 9.97 Å². The van der Waals surface area contributed by atoms with E-state index in [0.717, 1.165) is 10.8 Å². The summed E-state index contributed by atoms with van der Waals surface area (Å²) in [5.41, 5.74) is 0.112. The molecule has 2 aromatic carbocycles. The number of aromatic nitrogens is 2. The summed E-state index contributed by atoms with van der Waals surface area (Å²) in [7, 11) is 0. The first kappa shape index (κ1) is 15.7. The molecule has 24 heavy (non-hydrogen) atoms. The molecule has 0 aliphatic carbocycles. The Hall–Kier alpha value is -3.15. The van der Waals surface area contributed by atoms with Crippen LogP contribution in [0, 0.1) is 6.92 Å². The minimum Gasteiger partial charge on any atom is -0.480 e. The maximum Gasteiger partial charge on any atom is 0.347 e. The van der Waals surface area contributed by atoms with E-state index in [4.69, 9.17) is 4.74 Å². The Morgan fingerprint density at radius 2 is 1.96 bits per heavy atom. The Bertz CT molecular complexity index is 944. The maximum absolute atomic E-state index is 12.3. The summed E-state index contributed by atoms with van der Waals surface area (Å²) >= 11 is 0. The molecule has 0 bridgehead atoms. The number of aromatic amines is 1. The van der Waals surface area contributed by atoms with Gasteiger partial charge in [0.25, 0.3) is 5.91 Å². The lowest BCUT2D eigenvalue weighted by atomic mass is 10.1. The minimum absolute atomic E-state index is 0.203. The lowest BCUT2D eigenvalue weighted by molar-refractivity contribution is -0.122. The van der Waals surface area contributed by atoms with Gasteiger partial charge in [-0.15, -0.1) is 0 Å². The van der Waals surface area contributed by atoms with Crippen molar-refractivity contribution in [2.45, 2.75) is 20.0 Å². The number of nitrogens with zero attached hydrogens (tertiary/aromatic N) is 1. The predicted octanol–water partition coefficient (Wildman–Crippen LogP) is 2.64. The van der Waals surface area contributed by atoms with Crippen LogP contribution >= 0.6 is 0 Å². The number of aryl methyl sites for hydroxylation is 1. The number of fused-ring (bicyclic) bond motifs is 1. The summed E-state index contributed by atoms with van der Waals surface area (Å²) in [6.45, 7) is 3.37. The number of carbonyl (C=O) groups is 1. The Morgan fingerprint density at radius 1 is 1.21 bits per heavy atom. The maximum atomic E-state index is 12.3. The number of hydrogen-bond acceptors (Lipinski definition) is 4. The molecule has 1 amide bonds. The van der Waals surface area contributed by atoms with Crippen molar-refractivity contribution in [3.05, 3.63) is 64.7 Å². The highest BCUT2D eigenvalue weighted by Gasteiger charge is 2.17. The molecule has 3 aromatic rings. The standard InChI is InChI=1S/C18H17N3O3/c1-11-10-16(21-18(23)19-11)20-17(22)12(2)24-15-9-5-7-13-6-3-4-8-14(13)15/h3-10,12H,1-2H3,(H2,19,20,21,22,23). The molecule has 1 unspecified atom stereocenters. The van der Waals surface area contributed by atoms with Gasteiger partial charge in [-0.1, -0.05) is 36.4 Å². The van der Waals surface area contributed by atoms with Crippen molar-refractivity contribution in [1.29, 1.82) is 0 Å². The first-order chi connectivity index (χ1) is 11.5. The number of hydrogen-bond donors (Lipinski definition) is 2. The molecule has 6 nitrogen and oxygen atoms in total. The smallest absolute Gasteiger partial charge is 0.347 e. The third-order valence-corrected chi connectivity index (χ3v) is 3.55. The summed E-state index contributed by atoms with van der Waals surface area (Å²) < 4.78 is 5.80. The van der Waals surface area contributed by atoms with Gasteiger partial charge >= 0.3 is 5.69 Å². The average molecular weight is 323 g/mol. The molecule has 0 fully saturated rings. The van der Waals surface area contributed by atoms with Crippen molar-refractivity contribution >= 4 is 22.5 Å². The predicted molar refractivity (Wildman–Crippen MR) is 92.3 cm³/mol. The molecule has 0 radical (unpaired) electrons. The zero-order valence-corrected chi connectivity index (χ0v) is 13.4. The number of ether oxygens (including phenoxy) is 1. The van der Waals surface area contributed by atoms with E-state index in [9.17, 15) is 9.59 Å². The van der Waals surface area contributed by atoms with Crippen molar-refractivity contribution in [3.8, 4) is 5.75 Å². The molecule has 6 heteroatoms. The van der Waals surface area contributed by atoms with E-state index >= 15 is 0 Å². The van der Waals surface area contributed by atoms with Crippen molar-refractivity contribution < 1.29 is 9.53 Å². The van der Waals surface area contributed by atoms with E-state index in [1.807, 2.05) is 42.5 Å². The van der Waals surface area contributed by atoms with Gasteiger partial charge < -0.3 is 15.0 Å². The van der Waals surface area contributed by atoms with Gasteiger partial charge in [-0.05, 0) is 25.3 Å². The monoisotopic (exact) mass is 323 g/mol. The number of anilines is 1. The molecule has 0 aliphatic rings. The fraction of sp³-hybridized carbons (Fsp3) is 0.167. The lowest BCUT2D eigenvalue weighted by Crippen LogP contribution is -2.31. The van der Waals surface area contributed by atoms with Gasteiger partial charge in [-0.25, -0.2) is 4.79 Å². The van der Waals surface area contributed by atoms with Crippen LogP contribution in [0.15, 0.2) is 53.3 Å². The molecule has 2 N–H and O–H groups in total. The van der Waals surface area contributed by atoms with Crippen LogP contribution in [0.3, 0.4) is 0 Å². The van der Waals surface area contributed by atoms with Gasteiger partial charge in [0.05, 0.1) is 0 Å². The van der Waals surface area contributed by atoms with E-state index in [0.29, 0.717) is 11.4 Å². The first-order valence-electron chi connectivity index (χ1n) is 7.56. The minimum atomic E-state index is -0.739. The number of H-pyrrole nitrogens is 1. The molecular formula is C18H17N3O3. The molecule has 0 aliphatic heterocycles. The van der Waals surface area contributed by atoms with Gasteiger partial charge in [0, 0.05) is 17.1 Å². The average Bonchev–Trinajstić information content (AvgIpc) is 2.54. The number of nitrogens with one attached hydrogen (secondary N) is 2. The fourth-order valence-corrected chi connectivity index (χ4v) is 2.41. The van der Waals surface area contributed by atoms with Crippen LogP contribution in [0.1, 0.15) is 12.6 Å². The molecule has 1 atom stereocenters. The second-order valence-corrected chi connectivity index (χ2v) is 5.48. The van der Waals surface area contributed by atoms with E-state index in [2.05, 4.69) is 15.3 Å². The zero-order chi connectivity index (χ0) is 17.1. The lowest BCUT2D eigenvalue weighted by Gasteiger charge is -2.16. The summed E-state index contributed by atoms with van der Waals surface area (Å²) in [6.07, 6.45) is -0.739. The first-order valence-corrected chi connectivity index (χ1v) is 7.56. The van der Waals surface area contributed by atoms with Gasteiger partial charge in [0.15, 0.2) is 6.10 Å². The van der Waals surface area contributed by atoms with Crippen LogP contribution in [0.2, 0.25) is 0 Å². The summed E-state index contributed by atoms with van der Waals surface area (Å²) in [6, 6.07) is 15.1. The van der Waals surface area contributed by atoms with Crippen molar-refractivity contribution in [3.63, 3.8) is 0 Å². The Morgan fingerprint density at radius 3 is 2.75 bits per heavy atom. The van der Waals surface area contributed by atoms with Crippen molar-refractivity contribution in [2.24, 2.45) is 0 Å². The molecule has 122 valence electrons. The normalized spacial score (nSPS) is 11.9. The van der Waals surface area contributed by atoms with E-state index in [-0.39, 0.29) is 11.7 Å². The van der Waals surface area contributed by atoms with Crippen molar-refractivity contribution in [2.75, 3.05) is 5.32 Å². The quantitative estimate of drug-likeness (QED) is 0.773. The Kier molecular flexibility index (Phi) is 4.29. The molecule has 1 heterocycles.